The zero-order chi connectivity index (χ0) is 7.14. The molecule has 0 amide bonds. The molecule has 0 aromatic rings. The molecule has 2 saturated carbocycles. The Hall–Kier alpha value is -0.0400. The highest BCUT2D eigenvalue weighted by Gasteiger charge is 2.38. The summed E-state index contributed by atoms with van der Waals surface area (Å²) in [7, 11) is 0. The van der Waals surface area contributed by atoms with Crippen molar-refractivity contribution in [1.29, 1.82) is 1.43 Å². The molecule has 2 bridgehead atoms. The highest BCUT2D eigenvalue weighted by atomic mass is 16.3. The molecule has 2 unspecified atom stereocenters. The second-order valence-corrected chi connectivity index (χ2v) is 2.99. The second kappa shape index (κ2) is 1.47. The van der Waals surface area contributed by atoms with Gasteiger partial charge in [0.25, 0.3) is 0 Å². The van der Waals surface area contributed by atoms with Gasteiger partial charge in [-0.05, 0) is 37.5 Å². The van der Waals surface area contributed by atoms with Crippen molar-refractivity contribution in [2.24, 2.45) is 11.8 Å². The van der Waals surface area contributed by atoms with Crippen molar-refractivity contribution < 1.29 is 6.48 Å². The maximum Gasteiger partial charge on any atom is 0.210 e. The smallest absolute Gasteiger partial charge is 0.210 e. The maximum absolute atomic E-state index is 7.63. The Morgan fingerprint density at radius 1 is 1.62 bits per heavy atom. The second-order valence-electron chi connectivity index (χ2n) is 2.99. The molecule has 1 nitrogen and oxygen atoms in total. The average molecular weight is 114 g/mol. The Balaban J connectivity index is 2.10. The molecule has 2 rings (SSSR count). The molecule has 0 radical (unpaired) electrons. The molecule has 0 spiro atoms. The van der Waals surface area contributed by atoms with Gasteiger partial charge in [-0.2, -0.15) is 0 Å². The minimum absolute atomic E-state index is 0.0706. The largest absolute Gasteiger partial charge is 0.393 e. The number of aliphatic hydroxyl groups is 1. The molecule has 0 saturated heterocycles. The summed E-state index contributed by atoms with van der Waals surface area (Å²) in [5.41, 5.74) is 0. The third-order valence-electron chi connectivity index (χ3n) is 2.44. The highest BCUT2D eigenvalue weighted by molar-refractivity contribution is 4.89. The van der Waals surface area contributed by atoms with Crippen molar-refractivity contribution in [1.82, 2.24) is 0 Å². The molecule has 2 aliphatic carbocycles. The van der Waals surface area contributed by atoms with Crippen molar-refractivity contribution in [2.45, 2.75) is 31.8 Å². The van der Waals surface area contributed by atoms with Crippen molar-refractivity contribution in [2.75, 3.05) is 0 Å². The monoisotopic (exact) mass is 114 g/mol. The van der Waals surface area contributed by atoms with E-state index in [1.807, 2.05) is 0 Å². The molecular formula is C7H12O. The molecular weight excluding hydrogens is 100 g/mol. The van der Waals surface area contributed by atoms with Crippen molar-refractivity contribution in [3.63, 3.8) is 0 Å². The molecule has 4 atom stereocenters. The van der Waals surface area contributed by atoms with Crippen molar-refractivity contribution in [3.8, 4) is 0 Å². The number of aliphatic hydroxyl groups excluding tert-OH is 1. The highest BCUT2D eigenvalue weighted by Crippen LogP contribution is 2.44. The first-order chi connectivity index (χ1) is 4.83. The van der Waals surface area contributed by atoms with Gasteiger partial charge >= 0.3 is 0 Å². The number of fused-ring (bicyclic) bond motifs is 2. The zero-order valence-corrected chi connectivity index (χ0v) is 4.84. The first kappa shape index (κ1) is 3.21. The summed E-state index contributed by atoms with van der Waals surface area (Å²) in [4.78, 5) is 0. The SMILES string of the molecule is [2H]OC1C([2H])[C@@H]2CC[C@H]1C2. The van der Waals surface area contributed by atoms with Gasteiger partial charge in [0, 0.05) is 1.37 Å². The number of rotatable bonds is 1. The van der Waals surface area contributed by atoms with Gasteiger partial charge in [0.15, 0.2) is 0 Å². The van der Waals surface area contributed by atoms with Crippen LogP contribution >= 0.6 is 0 Å². The van der Waals surface area contributed by atoms with E-state index in [1.165, 1.54) is 12.8 Å². The molecule has 8 heavy (non-hydrogen) atoms. The Morgan fingerprint density at radius 2 is 2.62 bits per heavy atom. The molecule has 0 aromatic carbocycles. The van der Waals surface area contributed by atoms with Gasteiger partial charge in [-0.25, -0.2) is 0 Å². The lowest BCUT2D eigenvalue weighted by atomic mass is 9.98. The quantitative estimate of drug-likeness (QED) is 0.542. The van der Waals surface area contributed by atoms with E-state index < -0.39 is 0 Å². The molecule has 0 heterocycles. The molecule has 2 fully saturated rings. The summed E-state index contributed by atoms with van der Waals surface area (Å²) >= 11 is 0. The van der Waals surface area contributed by atoms with Crippen LogP contribution in [0.25, 0.3) is 0 Å². The lowest BCUT2D eigenvalue weighted by molar-refractivity contribution is 0.113. The fourth-order valence-corrected chi connectivity index (χ4v) is 1.95. The van der Waals surface area contributed by atoms with Crippen LogP contribution in [0.4, 0.5) is 0 Å². The van der Waals surface area contributed by atoms with E-state index in [0.29, 0.717) is 11.8 Å². The third-order valence-corrected chi connectivity index (χ3v) is 2.44. The Labute approximate surface area is 52.6 Å². The summed E-state index contributed by atoms with van der Waals surface area (Å²) in [5.74, 6) is 1.07. The topological polar surface area (TPSA) is 20.2 Å². The van der Waals surface area contributed by atoms with Gasteiger partial charge in [-0.3, -0.25) is 0 Å². The third kappa shape index (κ3) is 0.510. The first-order valence-corrected chi connectivity index (χ1v) is 3.37. The summed E-state index contributed by atoms with van der Waals surface area (Å²) in [6, 6.07) is 0. The summed E-state index contributed by atoms with van der Waals surface area (Å²) in [5, 5.41) is 4.52. The van der Waals surface area contributed by atoms with E-state index >= 15 is 0 Å². The summed E-state index contributed by atoms with van der Waals surface area (Å²) < 4.78 is 14.4. The van der Waals surface area contributed by atoms with E-state index in [2.05, 4.69) is 5.11 Å². The number of hydrogen-bond donors (Lipinski definition) is 1. The summed E-state index contributed by atoms with van der Waals surface area (Å²) in [6.07, 6.45) is 3.34. The molecule has 0 aromatic heterocycles. The van der Waals surface area contributed by atoms with Gasteiger partial charge in [-0.15, -0.1) is 0 Å². The van der Waals surface area contributed by atoms with E-state index in [4.69, 9.17) is 2.80 Å². The average Bonchev–Trinajstić information content (AvgIpc) is 2.46. The minimum atomic E-state index is -0.101. The van der Waals surface area contributed by atoms with Crippen LogP contribution in [0.3, 0.4) is 0 Å². The van der Waals surface area contributed by atoms with E-state index in [9.17, 15) is 0 Å². The Morgan fingerprint density at radius 3 is 3.12 bits per heavy atom. The number of hydrogen-bond acceptors (Lipinski definition) is 1. The molecule has 2 aliphatic rings. The van der Waals surface area contributed by atoms with Gasteiger partial charge in [-0.1, -0.05) is 0 Å². The van der Waals surface area contributed by atoms with E-state index in [-0.39, 0.29) is 12.5 Å². The first-order valence-electron chi connectivity index (χ1n) is 4.35. The normalized spacial score (nSPS) is 65.5. The molecule has 0 aliphatic heterocycles. The molecule has 1 N–H and O–H groups in total. The molecule has 1 heteroatoms. The standard InChI is InChI=1S/C7H12O/c8-7-4-5-1-2-6(7)3-5/h5-8H,1-4H2/t5-,6+,7?/m1/s1/i4D,8D/t4?,5-,6+,7?. The van der Waals surface area contributed by atoms with Crippen LogP contribution < -0.4 is 0 Å². The van der Waals surface area contributed by atoms with Crippen molar-refractivity contribution in [3.05, 3.63) is 0 Å². The van der Waals surface area contributed by atoms with Crippen LogP contribution in [0, 0.1) is 11.8 Å². The molecule has 46 valence electrons. The van der Waals surface area contributed by atoms with E-state index in [0.717, 1.165) is 6.42 Å². The zero-order valence-electron chi connectivity index (χ0n) is 6.84. The Bertz CT molecular complexity index is 138. The summed E-state index contributed by atoms with van der Waals surface area (Å²) in [6.45, 7) is 0. The van der Waals surface area contributed by atoms with Crippen LogP contribution in [-0.2, 0) is 0 Å². The lowest BCUT2D eigenvalue weighted by Gasteiger charge is -2.14. The van der Waals surface area contributed by atoms with Crippen LogP contribution in [0.2, 0.25) is 0 Å². The fourth-order valence-electron chi connectivity index (χ4n) is 1.95. The van der Waals surface area contributed by atoms with Gasteiger partial charge in [0.2, 0.25) is 1.43 Å². The van der Waals surface area contributed by atoms with E-state index in [1.54, 1.807) is 0 Å². The van der Waals surface area contributed by atoms with Crippen LogP contribution in [-0.4, -0.2) is 12.6 Å². The minimum Gasteiger partial charge on any atom is -0.393 e. The van der Waals surface area contributed by atoms with Gasteiger partial charge < -0.3 is 5.11 Å². The lowest BCUT2D eigenvalue weighted by Crippen LogP contribution is -2.14. The predicted octanol–water partition coefficient (Wildman–Crippen LogP) is 1.17. The van der Waals surface area contributed by atoms with Crippen LogP contribution in [0.5, 0.6) is 0 Å². The maximum atomic E-state index is 7.63. The van der Waals surface area contributed by atoms with Crippen molar-refractivity contribution >= 4 is 0 Å². The van der Waals surface area contributed by atoms with Gasteiger partial charge in [0.1, 0.15) is 0 Å². The van der Waals surface area contributed by atoms with Gasteiger partial charge in [0.05, 0.1) is 6.10 Å². The van der Waals surface area contributed by atoms with Crippen LogP contribution in [0.15, 0.2) is 0 Å². The fraction of sp³-hybridized carbons (Fsp3) is 1.00. The predicted molar refractivity (Wildman–Crippen MR) is 31.5 cm³/mol. The Kier molecular flexibility index (Phi) is 0.591. The van der Waals surface area contributed by atoms with Crippen LogP contribution in [0.1, 0.15) is 27.0 Å².